The molecule has 0 saturated heterocycles. The van der Waals surface area contributed by atoms with Crippen LogP contribution in [0.25, 0.3) is 0 Å². The first-order valence-electron chi connectivity index (χ1n) is 6.81. The predicted molar refractivity (Wildman–Crippen MR) is 74.2 cm³/mol. The Labute approximate surface area is 113 Å². The number of carbonyl (C=O) groups is 1. The second kappa shape index (κ2) is 6.52. The summed E-state index contributed by atoms with van der Waals surface area (Å²) in [5.74, 6) is -0.0431. The molecule has 1 amide bonds. The van der Waals surface area contributed by atoms with Crippen molar-refractivity contribution in [2.45, 2.75) is 31.7 Å². The molecule has 0 aliphatic heterocycles. The third kappa shape index (κ3) is 3.04. The van der Waals surface area contributed by atoms with Crippen LogP contribution in [0.15, 0.2) is 18.5 Å². The minimum atomic E-state index is -0.0431. The summed E-state index contributed by atoms with van der Waals surface area (Å²) < 4.78 is 0. The third-order valence-corrected chi connectivity index (χ3v) is 3.69. The molecule has 1 aromatic rings. The largest absolute Gasteiger partial charge is 0.395 e. The van der Waals surface area contributed by atoms with Crippen LogP contribution in [0.2, 0.25) is 0 Å². The molecule has 5 nitrogen and oxygen atoms in total. The number of aliphatic hydroxyl groups excluding tert-OH is 1. The van der Waals surface area contributed by atoms with E-state index >= 15 is 0 Å². The fourth-order valence-corrected chi connectivity index (χ4v) is 2.71. The quantitative estimate of drug-likeness (QED) is 0.845. The molecule has 2 rings (SSSR count). The number of amides is 1. The van der Waals surface area contributed by atoms with Crippen LogP contribution < -0.4 is 5.32 Å². The first kappa shape index (κ1) is 13.8. The highest BCUT2D eigenvalue weighted by atomic mass is 16.3. The monoisotopic (exact) mass is 263 g/mol. The zero-order valence-corrected chi connectivity index (χ0v) is 11.3. The van der Waals surface area contributed by atoms with Gasteiger partial charge in [0.05, 0.1) is 12.2 Å². The van der Waals surface area contributed by atoms with Crippen LogP contribution in [-0.4, -0.2) is 47.1 Å². The van der Waals surface area contributed by atoms with Crippen LogP contribution in [0.4, 0.5) is 5.69 Å². The van der Waals surface area contributed by atoms with Crippen molar-refractivity contribution >= 4 is 11.6 Å². The lowest BCUT2D eigenvalue weighted by Gasteiger charge is -2.29. The normalized spacial score (nSPS) is 15.5. The Bertz CT molecular complexity index is 430. The van der Waals surface area contributed by atoms with Crippen molar-refractivity contribution in [2.75, 3.05) is 25.5 Å². The van der Waals surface area contributed by atoms with Crippen LogP contribution in [0.5, 0.6) is 0 Å². The molecule has 0 bridgehead atoms. The summed E-state index contributed by atoms with van der Waals surface area (Å²) in [7, 11) is 1.79. The molecule has 0 radical (unpaired) electrons. The number of carbonyl (C=O) groups excluding carboxylic acids is 1. The first-order valence-corrected chi connectivity index (χ1v) is 6.81. The molecular weight excluding hydrogens is 242 g/mol. The molecule has 5 heteroatoms. The number of anilines is 1. The maximum Gasteiger partial charge on any atom is 0.257 e. The summed E-state index contributed by atoms with van der Waals surface area (Å²) >= 11 is 0. The fourth-order valence-electron chi connectivity index (χ4n) is 2.71. The SMILES string of the molecule is CNc1ccncc1C(=O)N(CCO)C1CCCC1. The molecular formula is C14H21N3O2. The van der Waals surface area contributed by atoms with Crippen LogP contribution >= 0.6 is 0 Å². The second-order valence-electron chi connectivity index (χ2n) is 4.83. The van der Waals surface area contributed by atoms with Gasteiger partial charge in [-0.05, 0) is 18.9 Å². The molecule has 0 atom stereocenters. The number of nitrogens with one attached hydrogen (secondary N) is 1. The van der Waals surface area contributed by atoms with Gasteiger partial charge in [-0.25, -0.2) is 0 Å². The highest BCUT2D eigenvalue weighted by Crippen LogP contribution is 2.26. The lowest BCUT2D eigenvalue weighted by Crippen LogP contribution is -2.41. The van der Waals surface area contributed by atoms with E-state index in [9.17, 15) is 9.90 Å². The minimum Gasteiger partial charge on any atom is -0.395 e. The number of hydrogen-bond donors (Lipinski definition) is 2. The molecule has 19 heavy (non-hydrogen) atoms. The van der Waals surface area contributed by atoms with Crippen LogP contribution in [0, 0.1) is 0 Å². The van der Waals surface area contributed by atoms with E-state index < -0.39 is 0 Å². The lowest BCUT2D eigenvalue weighted by atomic mass is 10.1. The van der Waals surface area contributed by atoms with Gasteiger partial charge in [-0.15, -0.1) is 0 Å². The summed E-state index contributed by atoms with van der Waals surface area (Å²) in [6.45, 7) is 0.388. The van der Waals surface area contributed by atoms with Gasteiger partial charge in [0, 0.05) is 37.7 Å². The number of aromatic nitrogens is 1. The van der Waals surface area contributed by atoms with Crippen molar-refractivity contribution in [3.05, 3.63) is 24.0 Å². The standard InChI is InChI=1S/C14H21N3O2/c1-15-13-6-7-16-10-12(13)14(19)17(8-9-18)11-4-2-3-5-11/h6-7,10-11,18H,2-5,8-9H2,1H3,(H,15,16). The molecule has 1 heterocycles. The molecule has 1 aliphatic carbocycles. The van der Waals surface area contributed by atoms with Gasteiger partial charge in [0.25, 0.3) is 5.91 Å². The summed E-state index contributed by atoms with van der Waals surface area (Å²) in [6.07, 6.45) is 7.63. The fraction of sp³-hybridized carbons (Fsp3) is 0.571. The van der Waals surface area contributed by atoms with E-state index in [0.717, 1.165) is 31.4 Å². The zero-order chi connectivity index (χ0) is 13.7. The molecule has 2 N–H and O–H groups in total. The predicted octanol–water partition coefficient (Wildman–Crippen LogP) is 1.50. The van der Waals surface area contributed by atoms with Gasteiger partial charge < -0.3 is 15.3 Å². The van der Waals surface area contributed by atoms with E-state index in [4.69, 9.17) is 0 Å². The van der Waals surface area contributed by atoms with Crippen molar-refractivity contribution < 1.29 is 9.90 Å². The first-order chi connectivity index (χ1) is 9.27. The lowest BCUT2D eigenvalue weighted by molar-refractivity contribution is 0.0638. The zero-order valence-electron chi connectivity index (χ0n) is 11.3. The Balaban J connectivity index is 2.22. The van der Waals surface area contributed by atoms with Gasteiger partial charge in [-0.2, -0.15) is 0 Å². The van der Waals surface area contributed by atoms with Crippen LogP contribution in [0.3, 0.4) is 0 Å². The average molecular weight is 263 g/mol. The van der Waals surface area contributed by atoms with Gasteiger partial charge >= 0.3 is 0 Å². The molecule has 1 saturated carbocycles. The van der Waals surface area contributed by atoms with E-state index in [-0.39, 0.29) is 18.6 Å². The number of hydrogen-bond acceptors (Lipinski definition) is 4. The van der Waals surface area contributed by atoms with E-state index in [2.05, 4.69) is 10.3 Å². The molecule has 1 fully saturated rings. The smallest absolute Gasteiger partial charge is 0.257 e. The van der Waals surface area contributed by atoms with Gasteiger partial charge in [0.1, 0.15) is 0 Å². The minimum absolute atomic E-state index is 0.00259. The average Bonchev–Trinajstić information content (AvgIpc) is 2.98. The molecule has 0 unspecified atom stereocenters. The second-order valence-corrected chi connectivity index (χ2v) is 4.83. The maximum atomic E-state index is 12.6. The van der Waals surface area contributed by atoms with Crippen molar-refractivity contribution in [1.82, 2.24) is 9.88 Å². The van der Waals surface area contributed by atoms with Crippen molar-refractivity contribution in [2.24, 2.45) is 0 Å². The molecule has 1 aromatic heterocycles. The van der Waals surface area contributed by atoms with Gasteiger partial charge in [0.2, 0.25) is 0 Å². The van der Waals surface area contributed by atoms with E-state index in [1.807, 2.05) is 0 Å². The Kier molecular flexibility index (Phi) is 4.74. The van der Waals surface area contributed by atoms with Gasteiger partial charge in [-0.3, -0.25) is 9.78 Å². The molecule has 0 aromatic carbocycles. The topological polar surface area (TPSA) is 65.5 Å². The Hall–Kier alpha value is -1.62. The summed E-state index contributed by atoms with van der Waals surface area (Å²) in [5, 5.41) is 12.2. The summed E-state index contributed by atoms with van der Waals surface area (Å²) in [5.41, 5.74) is 1.35. The molecule has 1 aliphatic rings. The number of aliphatic hydroxyl groups is 1. The van der Waals surface area contributed by atoms with Crippen molar-refractivity contribution in [3.63, 3.8) is 0 Å². The summed E-state index contributed by atoms with van der Waals surface area (Å²) in [6, 6.07) is 2.04. The van der Waals surface area contributed by atoms with Crippen molar-refractivity contribution in [3.8, 4) is 0 Å². The maximum absolute atomic E-state index is 12.6. The molecule has 0 spiro atoms. The van der Waals surface area contributed by atoms with Crippen LogP contribution in [-0.2, 0) is 0 Å². The Morgan fingerprint density at radius 2 is 2.26 bits per heavy atom. The number of nitrogens with zero attached hydrogens (tertiary/aromatic N) is 2. The van der Waals surface area contributed by atoms with Gasteiger partial charge in [-0.1, -0.05) is 12.8 Å². The Morgan fingerprint density at radius 1 is 1.53 bits per heavy atom. The van der Waals surface area contributed by atoms with Crippen LogP contribution in [0.1, 0.15) is 36.0 Å². The number of rotatable bonds is 5. The van der Waals surface area contributed by atoms with Gasteiger partial charge in [0.15, 0.2) is 0 Å². The van der Waals surface area contributed by atoms with E-state index in [0.29, 0.717) is 12.1 Å². The van der Waals surface area contributed by atoms with E-state index in [1.54, 1.807) is 30.4 Å². The Morgan fingerprint density at radius 3 is 2.89 bits per heavy atom. The van der Waals surface area contributed by atoms with Crippen molar-refractivity contribution in [1.29, 1.82) is 0 Å². The third-order valence-electron chi connectivity index (χ3n) is 3.69. The highest BCUT2D eigenvalue weighted by Gasteiger charge is 2.28. The highest BCUT2D eigenvalue weighted by molar-refractivity contribution is 5.99. The molecule has 104 valence electrons. The number of pyridine rings is 1. The van der Waals surface area contributed by atoms with E-state index in [1.165, 1.54) is 0 Å². The summed E-state index contributed by atoms with van der Waals surface area (Å²) in [4.78, 5) is 18.5.